The highest BCUT2D eigenvalue weighted by Gasteiger charge is 2.05. The molecule has 2 N–H and O–H groups in total. The molecule has 0 aromatic heterocycles. The van der Waals surface area contributed by atoms with E-state index >= 15 is 0 Å². The number of ether oxygens (including phenoxy) is 2. The summed E-state index contributed by atoms with van der Waals surface area (Å²) in [6.07, 6.45) is 34.6. The number of aliphatic carboxylic acids is 2. The number of rotatable bonds is 38. The van der Waals surface area contributed by atoms with Crippen molar-refractivity contribution in [3.63, 3.8) is 0 Å². The summed E-state index contributed by atoms with van der Waals surface area (Å²) in [4.78, 5) is 44.8. The van der Waals surface area contributed by atoms with Gasteiger partial charge >= 0.3 is 23.9 Å². The van der Waals surface area contributed by atoms with Gasteiger partial charge in [0.05, 0.1) is 13.2 Å². The van der Waals surface area contributed by atoms with Crippen LogP contribution in [0.2, 0.25) is 0 Å². The number of hydrogen-bond acceptors (Lipinski definition) is 6. The molecule has 0 spiro atoms. The van der Waals surface area contributed by atoms with Gasteiger partial charge in [0.25, 0.3) is 0 Å². The fourth-order valence-corrected chi connectivity index (χ4v) is 5.91. The average Bonchev–Trinajstić information content (AvgIpc) is 3.03. The Labute approximate surface area is 287 Å². The minimum atomic E-state index is -0.686. The molecule has 0 aliphatic carbocycles. The van der Waals surface area contributed by atoms with Gasteiger partial charge in [-0.2, -0.15) is 0 Å². The predicted octanol–water partition coefficient (Wildman–Crippen LogP) is 11.1. The first-order valence-corrected chi connectivity index (χ1v) is 19.7. The zero-order chi connectivity index (χ0) is 34.5. The van der Waals surface area contributed by atoms with Gasteiger partial charge in [-0.25, -0.2) is 0 Å². The summed E-state index contributed by atoms with van der Waals surface area (Å²) >= 11 is 0. The molecule has 0 aromatic carbocycles. The van der Waals surface area contributed by atoms with Crippen molar-refractivity contribution in [3.05, 3.63) is 0 Å². The number of carbonyl (C=O) groups excluding carboxylic acids is 2. The van der Waals surface area contributed by atoms with E-state index < -0.39 is 11.9 Å². The maximum Gasteiger partial charge on any atom is 0.305 e. The van der Waals surface area contributed by atoms with Gasteiger partial charge in [0, 0.05) is 32.1 Å². The maximum atomic E-state index is 11.9. The van der Waals surface area contributed by atoms with Crippen molar-refractivity contribution in [2.45, 2.75) is 212 Å². The van der Waals surface area contributed by atoms with Crippen LogP contribution in [0.3, 0.4) is 0 Å². The minimum Gasteiger partial charge on any atom is -0.481 e. The van der Waals surface area contributed by atoms with Crippen molar-refractivity contribution < 1.29 is 38.9 Å². The third kappa shape index (κ3) is 40.0. The lowest BCUT2D eigenvalue weighted by Gasteiger charge is -2.07. The van der Waals surface area contributed by atoms with Crippen molar-refractivity contribution in [2.24, 2.45) is 0 Å². The molecule has 0 saturated heterocycles. The molecule has 0 radical (unpaired) electrons. The van der Waals surface area contributed by atoms with E-state index in [2.05, 4.69) is 0 Å². The van der Waals surface area contributed by atoms with Gasteiger partial charge < -0.3 is 19.7 Å². The molecule has 0 aromatic rings. The van der Waals surface area contributed by atoms with Crippen molar-refractivity contribution in [1.82, 2.24) is 0 Å². The van der Waals surface area contributed by atoms with Crippen LogP contribution in [0.15, 0.2) is 0 Å². The van der Waals surface area contributed by atoms with E-state index in [9.17, 15) is 19.2 Å². The van der Waals surface area contributed by atoms with Crippen molar-refractivity contribution in [1.29, 1.82) is 0 Å². The lowest BCUT2D eigenvalue weighted by molar-refractivity contribution is -0.146. The Balaban J connectivity index is 3.27. The Morgan fingerprint density at radius 3 is 0.681 bits per heavy atom. The van der Waals surface area contributed by atoms with Crippen LogP contribution in [0.5, 0.6) is 0 Å². The molecule has 0 aliphatic heterocycles. The normalized spacial score (nSPS) is 11.1. The standard InChI is InChI=1S/C39H72O8/c40-36(41)30-25-21-17-13-9-5-1-3-7-11-15-19-23-27-32-38(44)46-34-29-35-47-39(45)33-28-24-20-16-12-8-4-2-6-10-14-18-22-26-31-37(42)43/h1-35H2,(H,40,41)(H,42,43). The van der Waals surface area contributed by atoms with Crippen molar-refractivity contribution >= 4 is 23.9 Å². The van der Waals surface area contributed by atoms with Gasteiger partial charge in [0.1, 0.15) is 0 Å². The summed E-state index contributed by atoms with van der Waals surface area (Å²) in [6, 6.07) is 0. The summed E-state index contributed by atoms with van der Waals surface area (Å²) in [5.41, 5.74) is 0. The number of carboxylic acid groups (broad SMARTS) is 2. The summed E-state index contributed by atoms with van der Waals surface area (Å²) in [5, 5.41) is 17.3. The molecule has 276 valence electrons. The topological polar surface area (TPSA) is 127 Å². The Hall–Kier alpha value is -2.12. The zero-order valence-electron chi connectivity index (χ0n) is 30.1. The number of unbranched alkanes of at least 4 members (excludes halogenated alkanes) is 26. The predicted molar refractivity (Wildman–Crippen MR) is 190 cm³/mol. The fraction of sp³-hybridized carbons (Fsp3) is 0.897. The summed E-state index contributed by atoms with van der Waals surface area (Å²) in [6.45, 7) is 0.622. The summed E-state index contributed by atoms with van der Waals surface area (Å²) in [7, 11) is 0. The zero-order valence-corrected chi connectivity index (χ0v) is 30.1. The average molecular weight is 669 g/mol. The van der Waals surface area contributed by atoms with E-state index in [0.717, 1.165) is 64.2 Å². The lowest BCUT2D eigenvalue weighted by atomic mass is 10.0. The summed E-state index contributed by atoms with van der Waals surface area (Å²) < 4.78 is 10.6. The Morgan fingerprint density at radius 1 is 0.277 bits per heavy atom. The van der Waals surface area contributed by atoms with E-state index in [-0.39, 0.29) is 11.9 Å². The van der Waals surface area contributed by atoms with E-state index in [1.54, 1.807) is 0 Å². The maximum absolute atomic E-state index is 11.9. The molecule has 0 aliphatic rings. The Bertz CT molecular complexity index is 678. The second kappa shape index (κ2) is 36.7. The smallest absolute Gasteiger partial charge is 0.305 e. The van der Waals surface area contributed by atoms with Crippen LogP contribution in [-0.2, 0) is 28.7 Å². The largest absolute Gasteiger partial charge is 0.481 e. The molecule has 0 amide bonds. The first-order chi connectivity index (χ1) is 22.9. The van der Waals surface area contributed by atoms with Gasteiger partial charge in [-0.1, -0.05) is 154 Å². The van der Waals surface area contributed by atoms with Gasteiger partial charge in [-0.3, -0.25) is 19.2 Å². The van der Waals surface area contributed by atoms with Crippen LogP contribution in [0.25, 0.3) is 0 Å². The van der Waals surface area contributed by atoms with Crippen molar-refractivity contribution in [3.8, 4) is 0 Å². The highest BCUT2D eigenvalue weighted by atomic mass is 16.5. The molecular weight excluding hydrogens is 596 g/mol. The minimum absolute atomic E-state index is 0.153. The third-order valence-corrected chi connectivity index (χ3v) is 8.86. The van der Waals surface area contributed by atoms with Gasteiger partial charge in [-0.15, -0.1) is 0 Å². The second-order valence-electron chi connectivity index (χ2n) is 13.5. The highest BCUT2D eigenvalue weighted by molar-refractivity contribution is 5.69. The Kier molecular flexibility index (Phi) is 35.1. The summed E-state index contributed by atoms with van der Waals surface area (Å²) in [5.74, 6) is -1.68. The van der Waals surface area contributed by atoms with E-state index in [4.69, 9.17) is 19.7 Å². The molecule has 0 fully saturated rings. The molecule has 0 heterocycles. The highest BCUT2D eigenvalue weighted by Crippen LogP contribution is 2.15. The van der Waals surface area contributed by atoms with Crippen molar-refractivity contribution in [2.75, 3.05) is 13.2 Å². The molecule has 0 rings (SSSR count). The molecule has 8 heteroatoms. The molecular formula is C39H72O8. The van der Waals surface area contributed by atoms with E-state index in [1.165, 1.54) is 116 Å². The fourth-order valence-electron chi connectivity index (χ4n) is 5.91. The monoisotopic (exact) mass is 669 g/mol. The third-order valence-electron chi connectivity index (χ3n) is 8.86. The lowest BCUT2D eigenvalue weighted by Crippen LogP contribution is -2.10. The van der Waals surface area contributed by atoms with Gasteiger partial charge in [0.2, 0.25) is 0 Å². The molecule has 0 saturated carbocycles. The van der Waals surface area contributed by atoms with Crippen LogP contribution < -0.4 is 0 Å². The first-order valence-electron chi connectivity index (χ1n) is 19.7. The second-order valence-corrected chi connectivity index (χ2v) is 13.5. The van der Waals surface area contributed by atoms with Crippen LogP contribution >= 0.6 is 0 Å². The molecule has 0 unspecified atom stereocenters. The van der Waals surface area contributed by atoms with Crippen LogP contribution in [0.4, 0.5) is 0 Å². The molecule has 8 nitrogen and oxygen atoms in total. The van der Waals surface area contributed by atoms with Crippen LogP contribution in [-0.4, -0.2) is 47.3 Å². The SMILES string of the molecule is O=C(O)CCCCCCCCCCCCCCCCC(=O)OCCCOC(=O)CCCCCCCCCCCCCCCCC(=O)O. The number of carboxylic acids is 2. The number of hydrogen-bond donors (Lipinski definition) is 2. The quantitative estimate of drug-likeness (QED) is 0.0491. The van der Waals surface area contributed by atoms with E-state index in [0.29, 0.717) is 45.3 Å². The molecule has 47 heavy (non-hydrogen) atoms. The number of esters is 2. The Morgan fingerprint density at radius 2 is 0.468 bits per heavy atom. The van der Waals surface area contributed by atoms with Crippen LogP contribution in [0, 0.1) is 0 Å². The number of carbonyl (C=O) groups is 4. The van der Waals surface area contributed by atoms with Gasteiger partial charge in [-0.05, 0) is 25.7 Å². The first kappa shape index (κ1) is 44.9. The molecule has 0 atom stereocenters. The van der Waals surface area contributed by atoms with Gasteiger partial charge in [0.15, 0.2) is 0 Å². The van der Waals surface area contributed by atoms with E-state index in [1.807, 2.05) is 0 Å². The van der Waals surface area contributed by atoms with Crippen LogP contribution in [0.1, 0.15) is 212 Å². The molecule has 0 bridgehead atoms.